The number of halogens is 1. The molecule has 0 aromatic heterocycles. The quantitative estimate of drug-likeness (QED) is 0.661. The summed E-state index contributed by atoms with van der Waals surface area (Å²) in [6.07, 6.45) is 11.5. The van der Waals surface area contributed by atoms with Crippen molar-refractivity contribution in [1.29, 1.82) is 0 Å². The molecule has 1 atom stereocenters. The Morgan fingerprint density at radius 2 is 2.00 bits per heavy atom. The topological polar surface area (TPSA) is 12.0 Å². The summed E-state index contributed by atoms with van der Waals surface area (Å²) in [5.74, 6) is 0. The minimum Gasteiger partial charge on any atom is -0.307 e. The second-order valence-electron chi connectivity index (χ2n) is 6.07. The van der Waals surface area contributed by atoms with Gasteiger partial charge in [0.05, 0.1) is 6.04 Å². The molecule has 1 aromatic rings. The van der Waals surface area contributed by atoms with Gasteiger partial charge in [0, 0.05) is 5.02 Å². The summed E-state index contributed by atoms with van der Waals surface area (Å²) in [4.78, 5) is 0. The van der Waals surface area contributed by atoms with Crippen LogP contribution >= 0.6 is 11.6 Å². The summed E-state index contributed by atoms with van der Waals surface area (Å²) >= 11 is 6.34. The zero-order valence-electron chi connectivity index (χ0n) is 13.4. The third kappa shape index (κ3) is 4.59. The first kappa shape index (κ1) is 16.6. The van der Waals surface area contributed by atoms with E-state index in [9.17, 15) is 0 Å². The van der Waals surface area contributed by atoms with Crippen LogP contribution in [0.5, 0.6) is 0 Å². The Bertz CT molecular complexity index is 478. The average molecular weight is 306 g/mol. The normalized spacial score (nSPS) is 20.2. The molecule has 2 heteroatoms. The zero-order valence-corrected chi connectivity index (χ0v) is 14.2. The highest BCUT2D eigenvalue weighted by Gasteiger charge is 2.19. The molecule has 1 aliphatic rings. The molecule has 0 radical (unpaired) electrons. The maximum atomic E-state index is 6.34. The molecule has 21 heavy (non-hydrogen) atoms. The summed E-state index contributed by atoms with van der Waals surface area (Å²) < 4.78 is 0. The van der Waals surface area contributed by atoms with E-state index in [-0.39, 0.29) is 0 Å². The SMILES string of the molecule is CCCNC(/C1=C/CCCCCC1)c1cccc(Cl)c1C. The predicted molar refractivity (Wildman–Crippen MR) is 93.0 cm³/mol. The second-order valence-corrected chi connectivity index (χ2v) is 6.48. The second kappa shape index (κ2) is 8.60. The highest BCUT2D eigenvalue weighted by molar-refractivity contribution is 6.31. The van der Waals surface area contributed by atoms with Crippen LogP contribution in [0, 0.1) is 6.92 Å². The molecule has 0 aliphatic heterocycles. The van der Waals surface area contributed by atoms with Gasteiger partial charge in [-0.1, -0.05) is 55.1 Å². The Morgan fingerprint density at radius 1 is 1.19 bits per heavy atom. The van der Waals surface area contributed by atoms with Gasteiger partial charge in [0.2, 0.25) is 0 Å². The first-order valence-corrected chi connectivity index (χ1v) is 8.79. The molecule has 1 unspecified atom stereocenters. The van der Waals surface area contributed by atoms with Gasteiger partial charge >= 0.3 is 0 Å². The van der Waals surface area contributed by atoms with Crippen LogP contribution in [0.15, 0.2) is 29.8 Å². The van der Waals surface area contributed by atoms with Crippen LogP contribution in [-0.2, 0) is 0 Å². The smallest absolute Gasteiger partial charge is 0.0539 e. The maximum absolute atomic E-state index is 6.34. The fourth-order valence-corrected chi connectivity index (χ4v) is 3.33. The van der Waals surface area contributed by atoms with Crippen LogP contribution in [0.25, 0.3) is 0 Å². The maximum Gasteiger partial charge on any atom is 0.0539 e. The van der Waals surface area contributed by atoms with E-state index in [4.69, 9.17) is 11.6 Å². The molecule has 1 nitrogen and oxygen atoms in total. The van der Waals surface area contributed by atoms with Crippen LogP contribution in [0.2, 0.25) is 5.02 Å². The van der Waals surface area contributed by atoms with Crippen LogP contribution in [0.1, 0.15) is 69.0 Å². The van der Waals surface area contributed by atoms with Crippen molar-refractivity contribution in [1.82, 2.24) is 5.32 Å². The van der Waals surface area contributed by atoms with Crippen molar-refractivity contribution < 1.29 is 0 Å². The fraction of sp³-hybridized carbons (Fsp3) is 0.579. The Kier molecular flexibility index (Phi) is 6.79. The van der Waals surface area contributed by atoms with E-state index in [1.807, 2.05) is 6.07 Å². The third-order valence-corrected chi connectivity index (χ3v) is 4.83. The van der Waals surface area contributed by atoms with Gasteiger partial charge in [0.25, 0.3) is 0 Å². The minimum absolute atomic E-state index is 0.335. The van der Waals surface area contributed by atoms with Crippen molar-refractivity contribution in [2.45, 2.75) is 64.8 Å². The van der Waals surface area contributed by atoms with Gasteiger partial charge in [-0.25, -0.2) is 0 Å². The van der Waals surface area contributed by atoms with E-state index in [0.717, 1.165) is 18.0 Å². The van der Waals surface area contributed by atoms with Gasteiger partial charge in [-0.05, 0) is 62.8 Å². The molecule has 0 bridgehead atoms. The molecular weight excluding hydrogens is 278 g/mol. The van der Waals surface area contributed by atoms with Crippen molar-refractivity contribution in [2.75, 3.05) is 6.54 Å². The zero-order chi connectivity index (χ0) is 15.1. The van der Waals surface area contributed by atoms with Crippen molar-refractivity contribution >= 4 is 11.6 Å². The Hall–Kier alpha value is -0.790. The van der Waals surface area contributed by atoms with Gasteiger partial charge in [0.15, 0.2) is 0 Å². The minimum atomic E-state index is 0.335. The molecule has 0 saturated carbocycles. The lowest BCUT2D eigenvalue weighted by atomic mass is 9.89. The number of allylic oxidation sites excluding steroid dienone is 1. The van der Waals surface area contributed by atoms with Gasteiger partial charge in [0.1, 0.15) is 0 Å². The highest BCUT2D eigenvalue weighted by atomic mass is 35.5. The van der Waals surface area contributed by atoms with Gasteiger partial charge in [-0.3, -0.25) is 0 Å². The van der Waals surface area contributed by atoms with Crippen LogP contribution in [0.4, 0.5) is 0 Å². The third-order valence-electron chi connectivity index (χ3n) is 4.42. The first-order chi connectivity index (χ1) is 10.2. The van der Waals surface area contributed by atoms with Crippen molar-refractivity contribution in [3.05, 3.63) is 46.0 Å². The Balaban J connectivity index is 2.30. The lowest BCUT2D eigenvalue weighted by Crippen LogP contribution is -2.25. The van der Waals surface area contributed by atoms with E-state index in [1.54, 1.807) is 5.57 Å². The fourth-order valence-electron chi connectivity index (χ4n) is 3.15. The molecular formula is C19H28ClN. The monoisotopic (exact) mass is 305 g/mol. The van der Waals surface area contributed by atoms with E-state index < -0.39 is 0 Å². The lowest BCUT2D eigenvalue weighted by molar-refractivity contribution is 0.539. The van der Waals surface area contributed by atoms with Gasteiger partial charge < -0.3 is 5.32 Å². The van der Waals surface area contributed by atoms with Crippen LogP contribution < -0.4 is 5.32 Å². The molecule has 1 aliphatic carbocycles. The molecule has 0 saturated heterocycles. The van der Waals surface area contributed by atoms with E-state index in [2.05, 4.69) is 37.4 Å². The van der Waals surface area contributed by atoms with Crippen molar-refractivity contribution in [3.8, 4) is 0 Å². The molecule has 1 aromatic carbocycles. The molecule has 0 amide bonds. The van der Waals surface area contributed by atoms with Crippen LogP contribution in [-0.4, -0.2) is 6.54 Å². The van der Waals surface area contributed by atoms with Gasteiger partial charge in [-0.2, -0.15) is 0 Å². The molecule has 0 heterocycles. The molecule has 0 fully saturated rings. The average Bonchev–Trinajstić information content (AvgIpc) is 2.44. The number of benzene rings is 1. The van der Waals surface area contributed by atoms with E-state index in [0.29, 0.717) is 6.04 Å². The molecule has 1 N–H and O–H groups in total. The van der Waals surface area contributed by atoms with Crippen molar-refractivity contribution in [3.63, 3.8) is 0 Å². The summed E-state index contributed by atoms with van der Waals surface area (Å²) in [6.45, 7) is 5.41. The number of nitrogens with one attached hydrogen (secondary N) is 1. The van der Waals surface area contributed by atoms with E-state index in [1.165, 1.54) is 49.7 Å². The first-order valence-electron chi connectivity index (χ1n) is 8.41. The summed E-state index contributed by atoms with van der Waals surface area (Å²) in [5, 5.41) is 4.62. The lowest BCUT2D eigenvalue weighted by Gasteiger charge is -2.26. The predicted octanol–water partition coefficient (Wildman–Crippen LogP) is 5.97. The van der Waals surface area contributed by atoms with E-state index >= 15 is 0 Å². The van der Waals surface area contributed by atoms with Gasteiger partial charge in [-0.15, -0.1) is 0 Å². The van der Waals surface area contributed by atoms with Crippen molar-refractivity contribution in [2.24, 2.45) is 0 Å². The Labute approximate surface area is 134 Å². The van der Waals surface area contributed by atoms with Crippen LogP contribution in [0.3, 0.4) is 0 Å². The molecule has 0 spiro atoms. The summed E-state index contributed by atoms with van der Waals surface area (Å²) in [5.41, 5.74) is 4.13. The summed E-state index contributed by atoms with van der Waals surface area (Å²) in [7, 11) is 0. The largest absolute Gasteiger partial charge is 0.307 e. The molecule has 116 valence electrons. The standard InChI is InChI=1S/C19H28ClN/c1-3-14-21-19(16-10-7-5-4-6-8-11-16)17-12-9-13-18(20)15(17)2/h9-10,12-13,19,21H,3-8,11,14H2,1-2H3/b16-10+. The number of hydrogen-bond acceptors (Lipinski definition) is 1. The number of hydrogen-bond donors (Lipinski definition) is 1. The number of rotatable bonds is 5. The Morgan fingerprint density at radius 3 is 2.81 bits per heavy atom. The summed E-state index contributed by atoms with van der Waals surface area (Å²) in [6, 6.07) is 6.63. The highest BCUT2D eigenvalue weighted by Crippen LogP contribution is 2.32. The molecule has 2 rings (SSSR count).